The van der Waals surface area contributed by atoms with Crippen molar-refractivity contribution in [3.05, 3.63) is 28.0 Å². The number of hydrogen-bond acceptors (Lipinski definition) is 4. The van der Waals surface area contributed by atoms with Gasteiger partial charge in [-0.1, -0.05) is 0 Å². The molecule has 0 spiro atoms. The zero-order valence-corrected chi connectivity index (χ0v) is 11.0. The highest BCUT2D eigenvalue weighted by Crippen LogP contribution is 2.28. The number of ether oxygens (including phenoxy) is 1. The molecule has 4 nitrogen and oxygen atoms in total. The Morgan fingerprint density at radius 2 is 2.06 bits per heavy atom. The fourth-order valence-corrected chi connectivity index (χ4v) is 2.39. The number of benzene rings is 1. The topological polar surface area (TPSA) is 60.4 Å². The lowest BCUT2D eigenvalue weighted by Crippen LogP contribution is -2.10. The number of methoxy groups -OCH3 is 1. The molecule has 0 N–H and O–H groups in total. The molecule has 0 saturated heterocycles. The van der Waals surface area contributed by atoms with Gasteiger partial charge >= 0.3 is 5.97 Å². The van der Waals surface area contributed by atoms with E-state index in [0.29, 0.717) is 0 Å². The largest absolute Gasteiger partial charge is 0.465 e. The molecule has 1 aromatic carbocycles. The molecule has 8 heteroatoms. The van der Waals surface area contributed by atoms with Gasteiger partial charge in [0, 0.05) is 10.7 Å². The molecule has 0 amide bonds. The Bertz CT molecular complexity index is 543. The summed E-state index contributed by atoms with van der Waals surface area (Å²) < 4.78 is 40.0. The highest BCUT2D eigenvalue weighted by Gasteiger charge is 2.26. The third kappa shape index (κ3) is 2.53. The van der Waals surface area contributed by atoms with Gasteiger partial charge in [0.15, 0.2) is 5.82 Å². The number of halogens is 3. The first-order chi connectivity index (χ1) is 7.29. The van der Waals surface area contributed by atoms with E-state index in [4.69, 9.17) is 10.7 Å². The van der Waals surface area contributed by atoms with Gasteiger partial charge in [-0.05, 0) is 28.1 Å². The minimum atomic E-state index is -4.22. The van der Waals surface area contributed by atoms with E-state index in [-0.39, 0.29) is 4.47 Å². The summed E-state index contributed by atoms with van der Waals surface area (Å²) in [6, 6.07) is 2.15. The third-order valence-corrected chi connectivity index (χ3v) is 3.69. The SMILES string of the molecule is COC(=O)c1c(S(=O)(=O)Cl)ccc(Br)c1F. The highest BCUT2D eigenvalue weighted by atomic mass is 79.9. The van der Waals surface area contributed by atoms with Gasteiger partial charge in [0.05, 0.1) is 16.5 Å². The van der Waals surface area contributed by atoms with Crippen LogP contribution < -0.4 is 0 Å². The van der Waals surface area contributed by atoms with Crippen molar-refractivity contribution in [2.24, 2.45) is 0 Å². The van der Waals surface area contributed by atoms with Crippen molar-refractivity contribution in [3.8, 4) is 0 Å². The lowest BCUT2D eigenvalue weighted by atomic mass is 10.2. The van der Waals surface area contributed by atoms with Crippen molar-refractivity contribution < 1.29 is 22.3 Å². The summed E-state index contributed by atoms with van der Waals surface area (Å²) >= 11 is 2.82. The Balaban J connectivity index is 3.65. The summed E-state index contributed by atoms with van der Waals surface area (Å²) in [5.74, 6) is -2.15. The summed E-state index contributed by atoms with van der Waals surface area (Å²) in [5.41, 5.74) is -0.716. The normalized spacial score (nSPS) is 11.2. The van der Waals surface area contributed by atoms with Crippen molar-refractivity contribution in [2.75, 3.05) is 7.11 Å². The quantitative estimate of drug-likeness (QED) is 0.616. The van der Waals surface area contributed by atoms with Crippen molar-refractivity contribution in [3.63, 3.8) is 0 Å². The third-order valence-electron chi connectivity index (χ3n) is 1.71. The van der Waals surface area contributed by atoms with Crippen LogP contribution in [0.4, 0.5) is 4.39 Å². The van der Waals surface area contributed by atoms with Crippen molar-refractivity contribution >= 4 is 41.6 Å². The number of carbonyl (C=O) groups excluding carboxylic acids is 1. The summed E-state index contributed by atoms with van der Waals surface area (Å²) in [4.78, 5) is 10.6. The van der Waals surface area contributed by atoms with E-state index in [2.05, 4.69) is 20.7 Å². The van der Waals surface area contributed by atoms with Crippen LogP contribution in [-0.2, 0) is 13.8 Å². The van der Waals surface area contributed by atoms with Crippen LogP contribution in [0.3, 0.4) is 0 Å². The monoisotopic (exact) mass is 330 g/mol. The molecule has 1 rings (SSSR count). The van der Waals surface area contributed by atoms with E-state index in [9.17, 15) is 17.6 Å². The van der Waals surface area contributed by atoms with Gasteiger partial charge in [-0.15, -0.1) is 0 Å². The van der Waals surface area contributed by atoms with Crippen LogP contribution in [0, 0.1) is 5.82 Å². The van der Waals surface area contributed by atoms with Gasteiger partial charge < -0.3 is 4.74 Å². The van der Waals surface area contributed by atoms with Gasteiger partial charge in [0.1, 0.15) is 5.56 Å². The first kappa shape index (κ1) is 13.4. The number of hydrogen-bond donors (Lipinski definition) is 0. The lowest BCUT2D eigenvalue weighted by Gasteiger charge is -2.07. The molecular weight excluding hydrogens is 327 g/mol. The summed E-state index contributed by atoms with van der Waals surface area (Å²) in [5, 5.41) is 0. The van der Waals surface area contributed by atoms with Crippen LogP contribution >= 0.6 is 26.6 Å². The predicted octanol–water partition coefficient (Wildman–Crippen LogP) is 2.30. The number of carbonyl (C=O) groups is 1. The van der Waals surface area contributed by atoms with Crippen LogP contribution in [0.15, 0.2) is 21.5 Å². The average molecular weight is 332 g/mol. The summed E-state index contributed by atoms with van der Waals surface area (Å²) in [6.45, 7) is 0. The van der Waals surface area contributed by atoms with Crippen LogP contribution in [0.2, 0.25) is 0 Å². The van der Waals surface area contributed by atoms with Gasteiger partial charge in [0.25, 0.3) is 9.05 Å². The fourth-order valence-electron chi connectivity index (χ4n) is 1.03. The molecule has 0 heterocycles. The Morgan fingerprint density at radius 1 is 1.50 bits per heavy atom. The lowest BCUT2D eigenvalue weighted by molar-refractivity contribution is 0.0590. The molecule has 0 aliphatic carbocycles. The standard InChI is InChI=1S/C8H5BrClFO4S/c1-15-8(12)6-5(16(10,13)14)3-2-4(9)7(6)11/h2-3H,1H3. The van der Waals surface area contributed by atoms with Crippen LogP contribution in [0.25, 0.3) is 0 Å². The van der Waals surface area contributed by atoms with E-state index >= 15 is 0 Å². The maximum atomic E-state index is 13.6. The van der Waals surface area contributed by atoms with Crippen LogP contribution in [0.1, 0.15) is 10.4 Å². The minimum Gasteiger partial charge on any atom is -0.465 e. The minimum absolute atomic E-state index is 0.0584. The van der Waals surface area contributed by atoms with E-state index in [1.54, 1.807) is 0 Å². The van der Waals surface area contributed by atoms with Crippen molar-refractivity contribution in [1.82, 2.24) is 0 Å². The smallest absolute Gasteiger partial charge is 0.342 e. The van der Waals surface area contributed by atoms with Crippen molar-refractivity contribution in [1.29, 1.82) is 0 Å². The van der Waals surface area contributed by atoms with Crippen LogP contribution in [-0.4, -0.2) is 21.5 Å². The summed E-state index contributed by atoms with van der Waals surface area (Å²) in [6.07, 6.45) is 0. The second-order valence-electron chi connectivity index (χ2n) is 2.66. The molecule has 0 saturated carbocycles. The molecule has 0 aliphatic heterocycles. The average Bonchev–Trinajstić information content (AvgIpc) is 2.19. The second kappa shape index (κ2) is 4.68. The predicted molar refractivity (Wildman–Crippen MR) is 58.5 cm³/mol. The number of rotatable bonds is 2. The molecule has 0 radical (unpaired) electrons. The maximum Gasteiger partial charge on any atom is 0.342 e. The van der Waals surface area contributed by atoms with E-state index in [1.807, 2.05) is 0 Å². The van der Waals surface area contributed by atoms with Gasteiger partial charge in [-0.2, -0.15) is 0 Å². The highest BCUT2D eigenvalue weighted by molar-refractivity contribution is 9.10. The molecule has 0 aromatic heterocycles. The molecule has 0 aliphatic rings. The molecule has 0 bridgehead atoms. The zero-order valence-electron chi connectivity index (χ0n) is 7.83. The number of esters is 1. The zero-order chi connectivity index (χ0) is 12.5. The molecule has 0 atom stereocenters. The Morgan fingerprint density at radius 3 is 2.50 bits per heavy atom. The van der Waals surface area contributed by atoms with E-state index in [0.717, 1.165) is 19.2 Å². The first-order valence-electron chi connectivity index (χ1n) is 3.80. The maximum absolute atomic E-state index is 13.6. The molecule has 0 fully saturated rings. The van der Waals surface area contributed by atoms with E-state index in [1.165, 1.54) is 0 Å². The van der Waals surface area contributed by atoms with E-state index < -0.39 is 31.3 Å². The fraction of sp³-hybridized carbons (Fsp3) is 0.125. The van der Waals surface area contributed by atoms with Crippen LogP contribution in [0.5, 0.6) is 0 Å². The summed E-state index contributed by atoms with van der Waals surface area (Å²) in [7, 11) is 1.86. The van der Waals surface area contributed by atoms with Gasteiger partial charge in [0.2, 0.25) is 0 Å². The van der Waals surface area contributed by atoms with Gasteiger partial charge in [-0.25, -0.2) is 17.6 Å². The molecule has 88 valence electrons. The molecule has 16 heavy (non-hydrogen) atoms. The Labute approximate surface area is 104 Å². The second-order valence-corrected chi connectivity index (χ2v) is 6.05. The van der Waals surface area contributed by atoms with Crippen molar-refractivity contribution in [2.45, 2.75) is 4.90 Å². The molecule has 0 unspecified atom stereocenters. The Kier molecular flexibility index (Phi) is 3.92. The first-order valence-corrected chi connectivity index (χ1v) is 6.90. The Hall–Kier alpha value is -0.660. The molecule has 1 aromatic rings. The van der Waals surface area contributed by atoms with Gasteiger partial charge in [-0.3, -0.25) is 0 Å². The molecular formula is C8H5BrClFO4S.